The number of aliphatic carboxylic acids is 1. The fourth-order valence-electron chi connectivity index (χ4n) is 1.74. The smallest absolute Gasteiger partial charge is 0.326 e. The van der Waals surface area contributed by atoms with Gasteiger partial charge in [0.15, 0.2) is 0 Å². The number of ether oxygens (including phenoxy) is 1. The summed E-state index contributed by atoms with van der Waals surface area (Å²) in [5, 5.41) is 14.1. The molecule has 3 N–H and O–H groups in total. The number of hydrogen-bond acceptors (Lipinski definition) is 3. The van der Waals surface area contributed by atoms with Crippen LogP contribution in [0.1, 0.15) is 18.4 Å². The van der Waals surface area contributed by atoms with Gasteiger partial charge >= 0.3 is 12.0 Å². The Hall–Kier alpha value is -2.08. The Balaban J connectivity index is 2.51. The number of carboxylic acid groups (broad SMARTS) is 1. The lowest BCUT2D eigenvalue weighted by Crippen LogP contribution is -2.43. The molecule has 0 aliphatic rings. The zero-order valence-corrected chi connectivity index (χ0v) is 11.7. The van der Waals surface area contributed by atoms with E-state index in [1.807, 2.05) is 19.1 Å². The minimum atomic E-state index is -1.06. The Bertz CT molecular complexity index is 462. The summed E-state index contributed by atoms with van der Waals surface area (Å²) in [6.07, 6.45) is 0.891. The molecule has 0 saturated heterocycles. The molecule has 2 amide bonds. The first-order valence-corrected chi connectivity index (χ1v) is 6.39. The number of rotatable bonds is 7. The highest BCUT2D eigenvalue weighted by molar-refractivity contribution is 5.92. The van der Waals surface area contributed by atoms with E-state index in [0.29, 0.717) is 25.1 Å². The maximum atomic E-state index is 11.8. The van der Waals surface area contributed by atoms with Gasteiger partial charge in [0.05, 0.1) is 0 Å². The number of carboxylic acids is 1. The molecule has 0 aliphatic heterocycles. The number of methoxy groups -OCH3 is 1. The monoisotopic (exact) mass is 280 g/mol. The van der Waals surface area contributed by atoms with Crippen LogP contribution in [-0.2, 0) is 9.53 Å². The molecule has 110 valence electrons. The standard InChI is InChI=1S/C14H20N2O4/c1-10-5-3-6-11(9-10)15-14(19)16-12(13(17)18)7-4-8-20-2/h3,5-6,9,12H,4,7-8H2,1-2H3,(H,17,18)(H2,15,16,19). The van der Waals surface area contributed by atoms with Crippen LogP contribution in [0.3, 0.4) is 0 Å². The average molecular weight is 280 g/mol. The molecule has 1 rings (SSSR count). The number of nitrogens with one attached hydrogen (secondary N) is 2. The zero-order chi connectivity index (χ0) is 15.0. The average Bonchev–Trinajstić information content (AvgIpc) is 2.37. The van der Waals surface area contributed by atoms with Crippen molar-refractivity contribution in [2.75, 3.05) is 19.0 Å². The van der Waals surface area contributed by atoms with Gasteiger partial charge in [0.2, 0.25) is 0 Å². The zero-order valence-electron chi connectivity index (χ0n) is 11.7. The first kappa shape index (κ1) is 16.0. The van der Waals surface area contributed by atoms with Crippen LogP contribution in [0, 0.1) is 6.92 Å². The molecule has 0 radical (unpaired) electrons. The summed E-state index contributed by atoms with van der Waals surface area (Å²) in [7, 11) is 1.55. The van der Waals surface area contributed by atoms with Gasteiger partial charge in [-0.05, 0) is 37.5 Å². The molecular weight excluding hydrogens is 260 g/mol. The van der Waals surface area contributed by atoms with Crippen molar-refractivity contribution in [3.8, 4) is 0 Å². The number of carbonyl (C=O) groups excluding carboxylic acids is 1. The van der Waals surface area contributed by atoms with E-state index in [0.717, 1.165) is 5.56 Å². The van der Waals surface area contributed by atoms with Crippen LogP contribution in [-0.4, -0.2) is 36.9 Å². The van der Waals surface area contributed by atoms with Crippen LogP contribution in [0.5, 0.6) is 0 Å². The molecule has 0 heterocycles. The van der Waals surface area contributed by atoms with Crippen molar-refractivity contribution in [3.63, 3.8) is 0 Å². The molecule has 6 nitrogen and oxygen atoms in total. The summed E-state index contributed by atoms with van der Waals surface area (Å²) in [6.45, 7) is 2.37. The third kappa shape index (κ3) is 5.71. The van der Waals surface area contributed by atoms with Crippen molar-refractivity contribution < 1.29 is 19.4 Å². The van der Waals surface area contributed by atoms with Gasteiger partial charge in [0, 0.05) is 19.4 Å². The number of benzene rings is 1. The number of anilines is 1. The van der Waals surface area contributed by atoms with E-state index in [1.165, 1.54) is 0 Å². The summed E-state index contributed by atoms with van der Waals surface area (Å²) in [4.78, 5) is 22.8. The molecule has 0 aromatic heterocycles. The lowest BCUT2D eigenvalue weighted by molar-refractivity contribution is -0.139. The fraction of sp³-hybridized carbons (Fsp3) is 0.429. The van der Waals surface area contributed by atoms with E-state index >= 15 is 0 Å². The first-order valence-electron chi connectivity index (χ1n) is 6.39. The van der Waals surface area contributed by atoms with Gasteiger partial charge < -0.3 is 20.5 Å². The number of carbonyl (C=O) groups is 2. The Kier molecular flexibility index (Phi) is 6.52. The highest BCUT2D eigenvalue weighted by Gasteiger charge is 2.19. The van der Waals surface area contributed by atoms with E-state index in [1.54, 1.807) is 19.2 Å². The summed E-state index contributed by atoms with van der Waals surface area (Å²) in [5.74, 6) is -1.06. The Labute approximate surface area is 118 Å². The maximum Gasteiger partial charge on any atom is 0.326 e. The predicted molar refractivity (Wildman–Crippen MR) is 75.9 cm³/mol. The number of aryl methyl sites for hydroxylation is 1. The van der Waals surface area contributed by atoms with E-state index < -0.39 is 18.0 Å². The van der Waals surface area contributed by atoms with Gasteiger partial charge in [0.1, 0.15) is 6.04 Å². The maximum absolute atomic E-state index is 11.8. The third-order valence-corrected chi connectivity index (χ3v) is 2.72. The molecule has 1 aromatic carbocycles. The van der Waals surface area contributed by atoms with Gasteiger partial charge in [-0.2, -0.15) is 0 Å². The summed E-state index contributed by atoms with van der Waals surface area (Å²) >= 11 is 0. The lowest BCUT2D eigenvalue weighted by atomic mass is 10.1. The number of urea groups is 1. The van der Waals surface area contributed by atoms with Gasteiger partial charge in [-0.25, -0.2) is 9.59 Å². The molecule has 6 heteroatoms. The molecular formula is C14H20N2O4. The van der Waals surface area contributed by atoms with Crippen LogP contribution in [0.25, 0.3) is 0 Å². The van der Waals surface area contributed by atoms with Crippen LogP contribution in [0.15, 0.2) is 24.3 Å². The highest BCUT2D eigenvalue weighted by Crippen LogP contribution is 2.09. The molecule has 1 atom stereocenters. The lowest BCUT2D eigenvalue weighted by Gasteiger charge is -2.15. The van der Waals surface area contributed by atoms with Gasteiger partial charge in [-0.1, -0.05) is 12.1 Å². The fourth-order valence-corrected chi connectivity index (χ4v) is 1.74. The van der Waals surface area contributed by atoms with Crippen molar-refractivity contribution in [1.29, 1.82) is 0 Å². The second kappa shape index (κ2) is 8.16. The predicted octanol–water partition coefficient (Wildman–Crippen LogP) is 2.00. The molecule has 0 aliphatic carbocycles. The highest BCUT2D eigenvalue weighted by atomic mass is 16.5. The van der Waals surface area contributed by atoms with Crippen LogP contribution in [0.4, 0.5) is 10.5 Å². The largest absolute Gasteiger partial charge is 0.480 e. The minimum absolute atomic E-state index is 0.324. The van der Waals surface area contributed by atoms with E-state index in [9.17, 15) is 9.59 Å². The Morgan fingerprint density at radius 1 is 1.40 bits per heavy atom. The van der Waals surface area contributed by atoms with Crippen molar-refractivity contribution in [2.24, 2.45) is 0 Å². The van der Waals surface area contributed by atoms with Crippen molar-refractivity contribution in [1.82, 2.24) is 5.32 Å². The van der Waals surface area contributed by atoms with E-state index in [4.69, 9.17) is 9.84 Å². The second-order valence-corrected chi connectivity index (χ2v) is 4.49. The second-order valence-electron chi connectivity index (χ2n) is 4.49. The Morgan fingerprint density at radius 3 is 2.75 bits per heavy atom. The van der Waals surface area contributed by atoms with Gasteiger partial charge in [-0.3, -0.25) is 0 Å². The van der Waals surface area contributed by atoms with Crippen LogP contribution < -0.4 is 10.6 Å². The van der Waals surface area contributed by atoms with Crippen molar-refractivity contribution in [2.45, 2.75) is 25.8 Å². The molecule has 0 fully saturated rings. The quantitative estimate of drug-likeness (QED) is 0.667. The van der Waals surface area contributed by atoms with E-state index in [-0.39, 0.29) is 0 Å². The van der Waals surface area contributed by atoms with Crippen LogP contribution in [0.2, 0.25) is 0 Å². The summed E-state index contributed by atoms with van der Waals surface area (Å²) < 4.78 is 4.86. The molecule has 20 heavy (non-hydrogen) atoms. The van der Waals surface area contributed by atoms with Crippen LogP contribution >= 0.6 is 0 Å². The topological polar surface area (TPSA) is 87.7 Å². The first-order chi connectivity index (χ1) is 9.52. The molecule has 1 unspecified atom stereocenters. The summed E-state index contributed by atoms with van der Waals surface area (Å²) in [6, 6.07) is 5.83. The van der Waals surface area contributed by atoms with E-state index in [2.05, 4.69) is 10.6 Å². The van der Waals surface area contributed by atoms with Crippen molar-refractivity contribution >= 4 is 17.7 Å². The molecule has 0 bridgehead atoms. The Morgan fingerprint density at radius 2 is 2.15 bits per heavy atom. The number of hydrogen-bond donors (Lipinski definition) is 3. The molecule has 0 spiro atoms. The third-order valence-electron chi connectivity index (χ3n) is 2.72. The van der Waals surface area contributed by atoms with Gasteiger partial charge in [-0.15, -0.1) is 0 Å². The number of amides is 2. The normalized spacial score (nSPS) is 11.7. The molecule has 0 saturated carbocycles. The summed E-state index contributed by atoms with van der Waals surface area (Å²) in [5.41, 5.74) is 1.64. The molecule has 1 aromatic rings. The SMILES string of the molecule is COCCCC(NC(=O)Nc1cccc(C)c1)C(=O)O. The minimum Gasteiger partial charge on any atom is -0.480 e. The van der Waals surface area contributed by atoms with Gasteiger partial charge in [0.25, 0.3) is 0 Å². The van der Waals surface area contributed by atoms with Crippen molar-refractivity contribution in [3.05, 3.63) is 29.8 Å².